The van der Waals surface area contributed by atoms with Crippen molar-refractivity contribution in [1.82, 2.24) is 4.90 Å². The topological polar surface area (TPSA) is 20.3 Å². The first-order valence-electron chi connectivity index (χ1n) is 7.19. The fourth-order valence-electron chi connectivity index (χ4n) is 2.57. The van der Waals surface area contributed by atoms with Crippen LogP contribution in [-0.4, -0.2) is 23.1 Å². The number of aryl methyl sites for hydroxylation is 1. The SMILES string of the molecule is Cc1ccccc1CSCC(=O)N1CCc2sccc2C1. The van der Waals surface area contributed by atoms with Gasteiger partial charge in [-0.2, -0.15) is 0 Å². The van der Waals surface area contributed by atoms with Crippen molar-refractivity contribution < 1.29 is 4.79 Å². The Labute approximate surface area is 134 Å². The highest BCUT2D eigenvalue weighted by molar-refractivity contribution is 7.99. The third-order valence-corrected chi connectivity index (χ3v) is 5.89. The molecule has 0 saturated heterocycles. The van der Waals surface area contributed by atoms with Crippen LogP contribution < -0.4 is 0 Å². The summed E-state index contributed by atoms with van der Waals surface area (Å²) >= 11 is 3.53. The fraction of sp³-hybridized carbons (Fsp3) is 0.353. The lowest BCUT2D eigenvalue weighted by molar-refractivity contribution is -0.129. The van der Waals surface area contributed by atoms with Crippen LogP contribution in [0.25, 0.3) is 0 Å². The minimum absolute atomic E-state index is 0.269. The number of hydrogen-bond acceptors (Lipinski definition) is 3. The Morgan fingerprint density at radius 2 is 2.19 bits per heavy atom. The zero-order chi connectivity index (χ0) is 14.7. The van der Waals surface area contributed by atoms with Crippen LogP contribution in [0.1, 0.15) is 21.6 Å². The van der Waals surface area contributed by atoms with E-state index in [0.29, 0.717) is 5.75 Å². The number of fused-ring (bicyclic) bond motifs is 1. The molecule has 1 aliphatic rings. The number of amides is 1. The van der Waals surface area contributed by atoms with E-state index in [1.165, 1.54) is 21.6 Å². The number of carbonyl (C=O) groups excluding carboxylic acids is 1. The van der Waals surface area contributed by atoms with Crippen LogP contribution in [0.4, 0.5) is 0 Å². The van der Waals surface area contributed by atoms with Crippen molar-refractivity contribution in [3.8, 4) is 0 Å². The van der Waals surface area contributed by atoms with E-state index in [0.717, 1.165) is 25.3 Å². The second-order valence-corrected chi connectivity index (χ2v) is 7.34. The Morgan fingerprint density at radius 3 is 3.05 bits per heavy atom. The van der Waals surface area contributed by atoms with Crippen molar-refractivity contribution in [2.24, 2.45) is 0 Å². The smallest absolute Gasteiger partial charge is 0.232 e. The Morgan fingerprint density at radius 1 is 1.33 bits per heavy atom. The molecule has 0 saturated carbocycles. The maximum atomic E-state index is 12.3. The molecule has 3 rings (SSSR count). The Kier molecular flexibility index (Phi) is 4.66. The molecule has 0 bridgehead atoms. The van der Waals surface area contributed by atoms with Gasteiger partial charge in [0.25, 0.3) is 0 Å². The number of carbonyl (C=O) groups is 1. The van der Waals surface area contributed by atoms with Crippen LogP contribution in [0.3, 0.4) is 0 Å². The molecule has 0 radical (unpaired) electrons. The molecular formula is C17H19NOS2. The largest absolute Gasteiger partial charge is 0.337 e. The molecule has 1 amide bonds. The molecule has 4 heteroatoms. The number of hydrogen-bond donors (Lipinski definition) is 0. The van der Waals surface area contributed by atoms with Gasteiger partial charge >= 0.3 is 0 Å². The van der Waals surface area contributed by atoms with Crippen LogP contribution >= 0.6 is 23.1 Å². The summed E-state index contributed by atoms with van der Waals surface area (Å²) in [6, 6.07) is 10.5. The van der Waals surface area contributed by atoms with E-state index in [1.54, 1.807) is 11.8 Å². The van der Waals surface area contributed by atoms with Crippen molar-refractivity contribution in [3.05, 3.63) is 57.3 Å². The van der Waals surface area contributed by atoms with E-state index >= 15 is 0 Å². The quantitative estimate of drug-likeness (QED) is 0.853. The summed E-state index contributed by atoms with van der Waals surface area (Å²) in [7, 11) is 0. The molecule has 0 atom stereocenters. The van der Waals surface area contributed by atoms with Gasteiger partial charge in [0.15, 0.2) is 0 Å². The predicted octanol–water partition coefficient (Wildman–Crippen LogP) is 3.87. The molecule has 1 aromatic heterocycles. The van der Waals surface area contributed by atoms with E-state index in [1.807, 2.05) is 16.2 Å². The Hall–Kier alpha value is -1.26. The number of nitrogens with zero attached hydrogens (tertiary/aromatic N) is 1. The van der Waals surface area contributed by atoms with Crippen LogP contribution in [0.15, 0.2) is 35.7 Å². The zero-order valence-corrected chi connectivity index (χ0v) is 13.8. The van der Waals surface area contributed by atoms with Gasteiger partial charge in [-0.25, -0.2) is 0 Å². The van der Waals surface area contributed by atoms with E-state index in [2.05, 4.69) is 42.6 Å². The van der Waals surface area contributed by atoms with Gasteiger partial charge in [0.05, 0.1) is 5.75 Å². The maximum Gasteiger partial charge on any atom is 0.232 e. The highest BCUT2D eigenvalue weighted by Crippen LogP contribution is 2.25. The van der Waals surface area contributed by atoms with Gasteiger partial charge in [0.1, 0.15) is 0 Å². The average Bonchev–Trinajstić information content (AvgIpc) is 2.96. The van der Waals surface area contributed by atoms with Crippen LogP contribution in [0.5, 0.6) is 0 Å². The number of benzene rings is 1. The summed E-state index contributed by atoms with van der Waals surface area (Å²) in [5.41, 5.74) is 3.97. The van der Waals surface area contributed by atoms with E-state index < -0.39 is 0 Å². The van der Waals surface area contributed by atoms with Gasteiger partial charge in [-0.05, 0) is 41.5 Å². The van der Waals surface area contributed by atoms with Crippen molar-refractivity contribution in [2.45, 2.75) is 25.6 Å². The lowest BCUT2D eigenvalue weighted by Crippen LogP contribution is -2.36. The Bertz CT molecular complexity index is 635. The standard InChI is InChI=1S/C17H19NOS2/c1-13-4-2-3-5-15(13)11-20-12-17(19)18-8-6-16-14(10-18)7-9-21-16/h2-5,7,9H,6,8,10-12H2,1H3. The number of rotatable bonds is 4. The molecular weight excluding hydrogens is 298 g/mol. The molecule has 1 aliphatic heterocycles. The third-order valence-electron chi connectivity index (χ3n) is 3.90. The molecule has 0 unspecified atom stereocenters. The molecule has 0 spiro atoms. The summed E-state index contributed by atoms with van der Waals surface area (Å²) in [6.07, 6.45) is 1.02. The van der Waals surface area contributed by atoms with Gasteiger partial charge in [0.2, 0.25) is 5.91 Å². The summed E-state index contributed by atoms with van der Waals surface area (Å²) in [5.74, 6) is 1.76. The van der Waals surface area contributed by atoms with E-state index in [9.17, 15) is 4.79 Å². The molecule has 0 fully saturated rings. The first-order chi connectivity index (χ1) is 10.2. The van der Waals surface area contributed by atoms with Gasteiger partial charge in [-0.1, -0.05) is 24.3 Å². The molecule has 0 N–H and O–H groups in total. The second-order valence-electron chi connectivity index (χ2n) is 5.35. The molecule has 2 aromatic rings. The molecule has 2 heterocycles. The molecule has 2 nitrogen and oxygen atoms in total. The van der Waals surface area contributed by atoms with Crippen molar-refractivity contribution in [1.29, 1.82) is 0 Å². The second kappa shape index (κ2) is 6.67. The van der Waals surface area contributed by atoms with E-state index in [-0.39, 0.29) is 5.91 Å². The zero-order valence-electron chi connectivity index (χ0n) is 12.2. The Balaban J connectivity index is 1.50. The van der Waals surface area contributed by atoms with Crippen molar-refractivity contribution in [3.63, 3.8) is 0 Å². The van der Waals surface area contributed by atoms with Crippen LogP contribution in [-0.2, 0) is 23.5 Å². The molecule has 110 valence electrons. The number of thioether (sulfide) groups is 1. The summed E-state index contributed by atoms with van der Waals surface area (Å²) < 4.78 is 0. The van der Waals surface area contributed by atoms with Gasteiger partial charge in [-0.3, -0.25) is 4.79 Å². The first kappa shape index (κ1) is 14.7. The summed E-state index contributed by atoms with van der Waals surface area (Å²) in [5, 5.41) is 2.13. The minimum atomic E-state index is 0.269. The normalized spacial score (nSPS) is 14.0. The summed E-state index contributed by atoms with van der Waals surface area (Å²) in [6.45, 7) is 3.79. The lowest BCUT2D eigenvalue weighted by atomic mass is 10.1. The van der Waals surface area contributed by atoms with Crippen LogP contribution in [0.2, 0.25) is 0 Å². The third kappa shape index (κ3) is 3.50. The molecule has 21 heavy (non-hydrogen) atoms. The number of thiophene rings is 1. The molecule has 0 aliphatic carbocycles. The highest BCUT2D eigenvalue weighted by atomic mass is 32.2. The van der Waals surface area contributed by atoms with E-state index in [4.69, 9.17) is 0 Å². The minimum Gasteiger partial charge on any atom is -0.337 e. The predicted molar refractivity (Wildman–Crippen MR) is 90.8 cm³/mol. The van der Waals surface area contributed by atoms with Crippen molar-refractivity contribution in [2.75, 3.05) is 12.3 Å². The monoisotopic (exact) mass is 317 g/mol. The average molecular weight is 317 g/mol. The van der Waals surface area contributed by atoms with Gasteiger partial charge < -0.3 is 4.90 Å². The van der Waals surface area contributed by atoms with Gasteiger partial charge in [-0.15, -0.1) is 23.1 Å². The van der Waals surface area contributed by atoms with Gasteiger partial charge in [0, 0.05) is 23.7 Å². The summed E-state index contributed by atoms with van der Waals surface area (Å²) in [4.78, 5) is 15.8. The van der Waals surface area contributed by atoms with Crippen LogP contribution in [0, 0.1) is 6.92 Å². The van der Waals surface area contributed by atoms with Crippen molar-refractivity contribution >= 4 is 29.0 Å². The lowest BCUT2D eigenvalue weighted by Gasteiger charge is -2.27. The first-order valence-corrected chi connectivity index (χ1v) is 9.23. The highest BCUT2D eigenvalue weighted by Gasteiger charge is 2.21. The fourth-order valence-corrected chi connectivity index (χ4v) is 4.47. The molecule has 1 aromatic carbocycles. The maximum absolute atomic E-state index is 12.3.